The van der Waals surface area contributed by atoms with E-state index in [1.54, 1.807) is 7.11 Å². The van der Waals surface area contributed by atoms with E-state index < -0.39 is 0 Å². The maximum atomic E-state index is 5.86. The monoisotopic (exact) mass is 377 g/mol. The predicted molar refractivity (Wildman–Crippen MR) is 79.5 cm³/mol. The van der Waals surface area contributed by atoms with Crippen LogP contribution in [0.3, 0.4) is 0 Å². The van der Waals surface area contributed by atoms with Gasteiger partial charge in [-0.2, -0.15) is 0 Å². The zero-order chi connectivity index (χ0) is 13.1. The summed E-state index contributed by atoms with van der Waals surface area (Å²) < 4.78 is 13.2. The van der Waals surface area contributed by atoms with Crippen molar-refractivity contribution in [2.75, 3.05) is 20.3 Å². The fourth-order valence-corrected chi connectivity index (χ4v) is 3.54. The molecule has 1 aromatic rings. The molecular weight excluding hydrogens is 362 g/mol. The first kappa shape index (κ1) is 14.2. The Labute approximate surface area is 124 Å². The molecule has 1 aromatic carbocycles. The van der Waals surface area contributed by atoms with Gasteiger partial charge in [0, 0.05) is 11.6 Å². The summed E-state index contributed by atoms with van der Waals surface area (Å²) in [5.74, 6) is 1.75. The highest BCUT2D eigenvalue weighted by molar-refractivity contribution is 9.11. The van der Waals surface area contributed by atoms with Gasteiger partial charge in [0.25, 0.3) is 0 Å². The third-order valence-corrected chi connectivity index (χ3v) is 4.48. The number of hydrogen-bond donors (Lipinski definition) is 1. The van der Waals surface area contributed by atoms with E-state index in [4.69, 9.17) is 9.47 Å². The van der Waals surface area contributed by atoms with Crippen LogP contribution in [0.2, 0.25) is 0 Å². The number of halogens is 2. The lowest BCUT2D eigenvalue weighted by molar-refractivity contribution is 0.313. The zero-order valence-corrected chi connectivity index (χ0v) is 13.7. The topological polar surface area (TPSA) is 30.5 Å². The maximum Gasteiger partial charge on any atom is 0.139 e. The minimum Gasteiger partial charge on any atom is -0.496 e. The van der Waals surface area contributed by atoms with Crippen molar-refractivity contribution in [1.29, 1.82) is 0 Å². The Balaban J connectivity index is 2.55. The molecule has 1 unspecified atom stereocenters. The SMILES string of the molecule is CCNC1CCCOc2c(Br)cc(OC)c(Br)c21. The van der Waals surface area contributed by atoms with Crippen molar-refractivity contribution in [3.63, 3.8) is 0 Å². The zero-order valence-electron chi connectivity index (χ0n) is 10.6. The Bertz CT molecular complexity index is 437. The number of methoxy groups -OCH3 is 1. The molecule has 0 aliphatic carbocycles. The minimum absolute atomic E-state index is 0.299. The molecule has 1 atom stereocenters. The molecular formula is C13H17Br2NO2. The van der Waals surface area contributed by atoms with E-state index in [2.05, 4.69) is 44.1 Å². The molecule has 0 saturated carbocycles. The van der Waals surface area contributed by atoms with Gasteiger partial charge in [-0.25, -0.2) is 0 Å². The Morgan fingerprint density at radius 2 is 2.28 bits per heavy atom. The average molecular weight is 379 g/mol. The van der Waals surface area contributed by atoms with E-state index in [9.17, 15) is 0 Å². The van der Waals surface area contributed by atoms with Gasteiger partial charge in [-0.05, 0) is 57.3 Å². The highest BCUT2D eigenvalue weighted by Crippen LogP contribution is 2.46. The van der Waals surface area contributed by atoms with Gasteiger partial charge in [-0.15, -0.1) is 0 Å². The molecule has 0 radical (unpaired) electrons. The first-order chi connectivity index (χ1) is 8.69. The van der Waals surface area contributed by atoms with Crippen LogP contribution in [0, 0.1) is 0 Å². The summed E-state index contributed by atoms with van der Waals surface area (Å²) in [6.07, 6.45) is 2.12. The molecule has 0 aromatic heterocycles. The maximum absolute atomic E-state index is 5.86. The first-order valence-corrected chi connectivity index (χ1v) is 7.69. The average Bonchev–Trinajstić information content (AvgIpc) is 2.57. The van der Waals surface area contributed by atoms with Crippen molar-refractivity contribution in [2.24, 2.45) is 0 Å². The van der Waals surface area contributed by atoms with E-state index in [1.165, 1.54) is 0 Å². The van der Waals surface area contributed by atoms with E-state index in [1.807, 2.05) is 6.07 Å². The summed E-state index contributed by atoms with van der Waals surface area (Å²) in [6.45, 7) is 3.81. The molecule has 1 N–H and O–H groups in total. The normalized spacial score (nSPS) is 18.8. The second kappa shape index (κ2) is 6.26. The molecule has 0 amide bonds. The van der Waals surface area contributed by atoms with Gasteiger partial charge in [0.15, 0.2) is 0 Å². The van der Waals surface area contributed by atoms with Crippen LogP contribution in [0.1, 0.15) is 31.4 Å². The lowest BCUT2D eigenvalue weighted by Gasteiger charge is -2.21. The third kappa shape index (κ3) is 2.68. The lowest BCUT2D eigenvalue weighted by atomic mass is 10.0. The van der Waals surface area contributed by atoms with Crippen molar-refractivity contribution in [3.05, 3.63) is 20.6 Å². The summed E-state index contributed by atoms with van der Waals surface area (Å²) in [4.78, 5) is 0. The van der Waals surface area contributed by atoms with E-state index in [0.29, 0.717) is 6.04 Å². The molecule has 0 spiro atoms. The van der Waals surface area contributed by atoms with Crippen LogP contribution in [0.15, 0.2) is 15.0 Å². The first-order valence-electron chi connectivity index (χ1n) is 6.11. The Hall–Kier alpha value is -0.260. The molecule has 3 nitrogen and oxygen atoms in total. The van der Waals surface area contributed by atoms with Gasteiger partial charge < -0.3 is 14.8 Å². The number of benzene rings is 1. The number of rotatable bonds is 3. The molecule has 18 heavy (non-hydrogen) atoms. The number of ether oxygens (including phenoxy) is 2. The second-order valence-corrected chi connectivity index (χ2v) is 5.87. The molecule has 1 heterocycles. The molecule has 1 aliphatic rings. The van der Waals surface area contributed by atoms with Gasteiger partial charge in [-0.3, -0.25) is 0 Å². The third-order valence-electron chi connectivity index (χ3n) is 3.07. The quantitative estimate of drug-likeness (QED) is 0.860. The van der Waals surface area contributed by atoms with E-state index in [0.717, 1.165) is 52.0 Å². The van der Waals surface area contributed by atoms with Crippen LogP contribution in [0.25, 0.3) is 0 Å². The molecule has 1 aliphatic heterocycles. The van der Waals surface area contributed by atoms with Gasteiger partial charge >= 0.3 is 0 Å². The molecule has 100 valence electrons. The minimum atomic E-state index is 0.299. The van der Waals surface area contributed by atoms with Gasteiger partial charge in [0.05, 0.1) is 22.7 Å². The molecule has 0 bridgehead atoms. The van der Waals surface area contributed by atoms with Crippen molar-refractivity contribution in [3.8, 4) is 11.5 Å². The molecule has 0 saturated heterocycles. The highest BCUT2D eigenvalue weighted by atomic mass is 79.9. The van der Waals surface area contributed by atoms with Crippen LogP contribution >= 0.6 is 31.9 Å². The number of nitrogens with one attached hydrogen (secondary N) is 1. The summed E-state index contributed by atoms with van der Waals surface area (Å²) in [7, 11) is 1.68. The second-order valence-electron chi connectivity index (χ2n) is 4.22. The fraction of sp³-hybridized carbons (Fsp3) is 0.538. The van der Waals surface area contributed by atoms with Crippen LogP contribution < -0.4 is 14.8 Å². The van der Waals surface area contributed by atoms with Crippen LogP contribution in [-0.4, -0.2) is 20.3 Å². The Morgan fingerprint density at radius 3 is 2.94 bits per heavy atom. The van der Waals surface area contributed by atoms with Crippen molar-refractivity contribution >= 4 is 31.9 Å². The predicted octanol–water partition coefficient (Wildman–Crippen LogP) is 4.04. The smallest absolute Gasteiger partial charge is 0.139 e. The van der Waals surface area contributed by atoms with Crippen molar-refractivity contribution in [1.82, 2.24) is 5.32 Å². The van der Waals surface area contributed by atoms with Crippen LogP contribution in [0.5, 0.6) is 11.5 Å². The summed E-state index contributed by atoms with van der Waals surface area (Å²) in [5.41, 5.74) is 1.15. The van der Waals surface area contributed by atoms with Gasteiger partial charge in [-0.1, -0.05) is 6.92 Å². The van der Waals surface area contributed by atoms with Gasteiger partial charge in [0.2, 0.25) is 0 Å². The molecule has 2 rings (SSSR count). The molecule has 5 heteroatoms. The molecule has 0 fully saturated rings. The largest absolute Gasteiger partial charge is 0.496 e. The number of hydrogen-bond acceptors (Lipinski definition) is 3. The van der Waals surface area contributed by atoms with E-state index in [-0.39, 0.29) is 0 Å². The fourth-order valence-electron chi connectivity index (χ4n) is 2.27. The standard InChI is InChI=1S/C13H17Br2NO2/c1-3-16-9-5-4-6-18-13-8(14)7-10(17-2)12(15)11(9)13/h7,9,16H,3-6H2,1-2H3. The van der Waals surface area contributed by atoms with Crippen molar-refractivity contribution < 1.29 is 9.47 Å². The van der Waals surface area contributed by atoms with E-state index >= 15 is 0 Å². The van der Waals surface area contributed by atoms with Crippen LogP contribution in [-0.2, 0) is 0 Å². The Kier molecular flexibility index (Phi) is 4.92. The summed E-state index contributed by atoms with van der Waals surface area (Å²) in [5, 5.41) is 3.51. The summed E-state index contributed by atoms with van der Waals surface area (Å²) >= 11 is 7.21. The Morgan fingerprint density at radius 1 is 1.50 bits per heavy atom. The van der Waals surface area contributed by atoms with Crippen molar-refractivity contribution in [2.45, 2.75) is 25.8 Å². The number of fused-ring (bicyclic) bond motifs is 1. The highest BCUT2D eigenvalue weighted by Gasteiger charge is 2.26. The summed E-state index contributed by atoms with van der Waals surface area (Å²) in [6, 6.07) is 2.24. The lowest BCUT2D eigenvalue weighted by Crippen LogP contribution is -2.21. The van der Waals surface area contributed by atoms with Crippen LogP contribution in [0.4, 0.5) is 0 Å². The van der Waals surface area contributed by atoms with Gasteiger partial charge in [0.1, 0.15) is 11.5 Å².